The third kappa shape index (κ3) is 4.06. The molecule has 3 aromatic rings. The molecule has 2 aromatic heterocycles. The third-order valence-corrected chi connectivity index (χ3v) is 4.95. The van der Waals surface area contributed by atoms with Crippen LogP contribution in [-0.4, -0.2) is 52.8 Å². The van der Waals surface area contributed by atoms with Crippen molar-refractivity contribution in [3.63, 3.8) is 0 Å². The van der Waals surface area contributed by atoms with Gasteiger partial charge in [-0.2, -0.15) is 0 Å². The minimum atomic E-state index is -0.336. The first kappa shape index (κ1) is 18.9. The number of aromatic nitrogens is 1. The third-order valence-electron chi connectivity index (χ3n) is 4.95. The highest BCUT2D eigenvalue weighted by Gasteiger charge is 2.27. The van der Waals surface area contributed by atoms with E-state index in [0.717, 1.165) is 0 Å². The summed E-state index contributed by atoms with van der Waals surface area (Å²) in [5, 5.41) is 0. The Morgan fingerprint density at radius 3 is 2.41 bits per heavy atom. The lowest BCUT2D eigenvalue weighted by molar-refractivity contribution is -0.132. The Morgan fingerprint density at radius 2 is 1.76 bits per heavy atom. The average Bonchev–Trinajstić information content (AvgIpc) is 3.39. The molecule has 3 heterocycles. The van der Waals surface area contributed by atoms with Crippen molar-refractivity contribution in [2.24, 2.45) is 0 Å². The van der Waals surface area contributed by atoms with Gasteiger partial charge in [0.15, 0.2) is 5.76 Å². The van der Waals surface area contributed by atoms with E-state index in [1.54, 1.807) is 41.0 Å². The molecule has 0 saturated carbocycles. The quantitative estimate of drug-likeness (QED) is 0.676. The van der Waals surface area contributed by atoms with E-state index in [2.05, 4.69) is 4.98 Å². The summed E-state index contributed by atoms with van der Waals surface area (Å²) in [5.41, 5.74) is 1.21. The van der Waals surface area contributed by atoms with E-state index in [4.69, 9.17) is 8.83 Å². The summed E-state index contributed by atoms with van der Waals surface area (Å²) in [7, 11) is 0. The summed E-state index contributed by atoms with van der Waals surface area (Å²) in [6, 6.07) is 9.15. The molecule has 1 aliphatic heterocycles. The van der Waals surface area contributed by atoms with Gasteiger partial charge < -0.3 is 18.6 Å². The van der Waals surface area contributed by atoms with Crippen molar-refractivity contribution in [1.29, 1.82) is 0 Å². The highest BCUT2D eigenvalue weighted by atomic mass is 19.1. The standard InChI is InChI=1S/C21H20FN3O4/c1-14-17(23-20(29-14)15-4-6-16(22)7-5-15)13-19(26)24-8-10-25(11-9-24)21(27)18-3-2-12-28-18/h2-7,12H,8-11,13H2,1H3. The first-order valence-electron chi connectivity index (χ1n) is 9.34. The van der Waals surface area contributed by atoms with Gasteiger partial charge in [-0.1, -0.05) is 0 Å². The van der Waals surface area contributed by atoms with Crippen LogP contribution in [0.1, 0.15) is 22.0 Å². The molecule has 0 atom stereocenters. The molecule has 1 aliphatic rings. The van der Waals surface area contributed by atoms with Crippen LogP contribution in [-0.2, 0) is 11.2 Å². The monoisotopic (exact) mass is 397 g/mol. The van der Waals surface area contributed by atoms with Crippen molar-refractivity contribution in [2.75, 3.05) is 26.2 Å². The number of furan rings is 1. The zero-order valence-corrected chi connectivity index (χ0v) is 15.9. The molecule has 0 N–H and O–H groups in total. The molecule has 1 saturated heterocycles. The van der Waals surface area contributed by atoms with Gasteiger partial charge in [-0.05, 0) is 43.3 Å². The Bertz CT molecular complexity index is 1000. The Balaban J connectivity index is 1.37. The molecule has 7 nitrogen and oxygen atoms in total. The number of rotatable bonds is 4. The van der Waals surface area contributed by atoms with Crippen LogP contribution in [0.2, 0.25) is 0 Å². The second kappa shape index (κ2) is 7.90. The van der Waals surface area contributed by atoms with Gasteiger partial charge in [-0.3, -0.25) is 9.59 Å². The second-order valence-corrected chi connectivity index (χ2v) is 6.86. The molecule has 29 heavy (non-hydrogen) atoms. The minimum Gasteiger partial charge on any atom is -0.459 e. The summed E-state index contributed by atoms with van der Waals surface area (Å²) < 4.78 is 23.9. The summed E-state index contributed by atoms with van der Waals surface area (Å²) in [4.78, 5) is 32.8. The lowest BCUT2D eigenvalue weighted by atomic mass is 10.2. The lowest BCUT2D eigenvalue weighted by Gasteiger charge is -2.34. The number of carbonyl (C=O) groups excluding carboxylic acids is 2. The fourth-order valence-corrected chi connectivity index (χ4v) is 3.28. The predicted molar refractivity (Wildman–Crippen MR) is 102 cm³/mol. The second-order valence-electron chi connectivity index (χ2n) is 6.86. The zero-order valence-electron chi connectivity index (χ0n) is 15.9. The van der Waals surface area contributed by atoms with Gasteiger partial charge in [0.05, 0.1) is 18.4 Å². The molecule has 8 heteroatoms. The molecule has 0 bridgehead atoms. The van der Waals surface area contributed by atoms with Crippen molar-refractivity contribution < 1.29 is 22.8 Å². The van der Waals surface area contributed by atoms with Crippen LogP contribution in [0.15, 0.2) is 51.5 Å². The first-order valence-corrected chi connectivity index (χ1v) is 9.34. The molecule has 0 unspecified atom stereocenters. The summed E-state index contributed by atoms with van der Waals surface area (Å²) in [5.74, 6) is 0.646. The van der Waals surface area contributed by atoms with Crippen molar-refractivity contribution in [3.8, 4) is 11.5 Å². The van der Waals surface area contributed by atoms with Gasteiger partial charge in [0.2, 0.25) is 11.8 Å². The van der Waals surface area contributed by atoms with E-state index in [1.165, 1.54) is 18.4 Å². The van der Waals surface area contributed by atoms with Crippen molar-refractivity contribution in [1.82, 2.24) is 14.8 Å². The number of aryl methyl sites for hydroxylation is 1. The fraction of sp³-hybridized carbons (Fsp3) is 0.286. The number of nitrogens with zero attached hydrogens (tertiary/aromatic N) is 3. The van der Waals surface area contributed by atoms with Crippen LogP contribution >= 0.6 is 0 Å². The number of hydrogen-bond acceptors (Lipinski definition) is 5. The molecule has 150 valence electrons. The number of amides is 2. The van der Waals surface area contributed by atoms with Crippen molar-refractivity contribution in [3.05, 3.63) is 65.7 Å². The number of hydrogen-bond donors (Lipinski definition) is 0. The Morgan fingerprint density at radius 1 is 1.07 bits per heavy atom. The van der Waals surface area contributed by atoms with Crippen LogP contribution < -0.4 is 0 Å². The largest absolute Gasteiger partial charge is 0.459 e. The highest BCUT2D eigenvalue weighted by Crippen LogP contribution is 2.23. The number of benzene rings is 1. The van der Waals surface area contributed by atoms with E-state index in [0.29, 0.717) is 54.8 Å². The minimum absolute atomic E-state index is 0.0721. The first-order chi connectivity index (χ1) is 14.0. The maximum atomic E-state index is 13.1. The Labute approximate surface area is 166 Å². The van der Waals surface area contributed by atoms with E-state index < -0.39 is 0 Å². The normalized spacial score (nSPS) is 14.3. The number of carbonyl (C=O) groups is 2. The number of halogens is 1. The van der Waals surface area contributed by atoms with E-state index >= 15 is 0 Å². The van der Waals surface area contributed by atoms with Gasteiger partial charge in [0.25, 0.3) is 5.91 Å². The Hall–Kier alpha value is -3.42. The molecule has 1 aromatic carbocycles. The van der Waals surface area contributed by atoms with Crippen LogP contribution in [0.4, 0.5) is 4.39 Å². The maximum absolute atomic E-state index is 13.1. The predicted octanol–water partition coefficient (Wildman–Crippen LogP) is 2.91. The van der Waals surface area contributed by atoms with E-state index in [-0.39, 0.29) is 24.1 Å². The molecule has 0 spiro atoms. The van der Waals surface area contributed by atoms with E-state index in [9.17, 15) is 14.0 Å². The maximum Gasteiger partial charge on any atom is 0.289 e. The topological polar surface area (TPSA) is 79.8 Å². The fourth-order valence-electron chi connectivity index (χ4n) is 3.28. The van der Waals surface area contributed by atoms with Crippen LogP contribution in [0.3, 0.4) is 0 Å². The molecule has 0 aliphatic carbocycles. The number of oxazole rings is 1. The molecule has 1 fully saturated rings. The van der Waals surface area contributed by atoms with Crippen LogP contribution in [0.5, 0.6) is 0 Å². The lowest BCUT2D eigenvalue weighted by Crippen LogP contribution is -2.51. The summed E-state index contributed by atoms with van der Waals surface area (Å²) in [6.45, 7) is 3.55. The summed E-state index contributed by atoms with van der Waals surface area (Å²) in [6.07, 6.45) is 1.58. The molecule has 0 radical (unpaired) electrons. The van der Waals surface area contributed by atoms with Gasteiger partial charge in [0, 0.05) is 31.7 Å². The summed E-state index contributed by atoms with van der Waals surface area (Å²) >= 11 is 0. The average molecular weight is 397 g/mol. The smallest absolute Gasteiger partial charge is 0.289 e. The zero-order chi connectivity index (χ0) is 20.4. The molecular formula is C21H20FN3O4. The molecule has 2 amide bonds. The van der Waals surface area contributed by atoms with Crippen LogP contribution in [0.25, 0.3) is 11.5 Å². The van der Waals surface area contributed by atoms with Crippen molar-refractivity contribution in [2.45, 2.75) is 13.3 Å². The SMILES string of the molecule is Cc1oc(-c2ccc(F)cc2)nc1CC(=O)N1CCN(C(=O)c2ccco2)CC1. The van der Waals surface area contributed by atoms with Gasteiger partial charge in [-0.15, -0.1) is 0 Å². The molecule has 4 rings (SSSR count). The van der Waals surface area contributed by atoms with Gasteiger partial charge in [0.1, 0.15) is 11.6 Å². The number of piperazine rings is 1. The van der Waals surface area contributed by atoms with Crippen LogP contribution in [0, 0.1) is 12.7 Å². The highest BCUT2D eigenvalue weighted by molar-refractivity contribution is 5.91. The van der Waals surface area contributed by atoms with Gasteiger partial charge in [-0.25, -0.2) is 9.37 Å². The van der Waals surface area contributed by atoms with Crippen molar-refractivity contribution >= 4 is 11.8 Å². The van der Waals surface area contributed by atoms with Gasteiger partial charge >= 0.3 is 0 Å². The molecular weight excluding hydrogens is 377 g/mol. The Kier molecular flexibility index (Phi) is 5.16. The van der Waals surface area contributed by atoms with E-state index in [1.807, 2.05) is 0 Å².